The van der Waals surface area contributed by atoms with Gasteiger partial charge in [0, 0.05) is 0 Å². The zero-order valence-corrected chi connectivity index (χ0v) is 20.0. The van der Waals surface area contributed by atoms with E-state index < -0.39 is 78.3 Å². The number of carbonyl (C=O) groups is 4. The van der Waals surface area contributed by atoms with Crippen molar-refractivity contribution in [2.45, 2.75) is 86.1 Å². The van der Waals surface area contributed by atoms with E-state index in [9.17, 15) is 24.3 Å². The van der Waals surface area contributed by atoms with E-state index in [1.165, 1.54) is 0 Å². The lowest BCUT2D eigenvalue weighted by atomic mass is 9.97. The Morgan fingerprint density at radius 3 is 1.44 bits per heavy atom. The first kappa shape index (κ1) is 27.8. The van der Waals surface area contributed by atoms with Gasteiger partial charge in [-0.15, -0.1) is 0 Å². The third kappa shape index (κ3) is 7.74. The van der Waals surface area contributed by atoms with Crippen molar-refractivity contribution in [2.24, 2.45) is 23.7 Å². The first-order chi connectivity index (χ1) is 14.8. The molecule has 1 N–H and O–H groups in total. The molecule has 0 aromatic rings. The number of hydrogen-bond donors (Lipinski definition) is 1. The third-order valence-electron chi connectivity index (χ3n) is 4.64. The molecule has 10 nitrogen and oxygen atoms in total. The van der Waals surface area contributed by atoms with E-state index in [1.54, 1.807) is 55.4 Å². The lowest BCUT2D eigenvalue weighted by Crippen LogP contribution is -2.63. The molecular formula is C22H36O10. The second kappa shape index (κ2) is 12.2. The lowest BCUT2D eigenvalue weighted by molar-refractivity contribution is -0.298. The second-order valence-corrected chi connectivity index (χ2v) is 9.02. The van der Waals surface area contributed by atoms with Crippen LogP contribution in [0.4, 0.5) is 0 Å². The number of ether oxygens (including phenoxy) is 5. The normalized spacial score (nSPS) is 25.7. The maximum atomic E-state index is 12.4. The van der Waals surface area contributed by atoms with Crippen molar-refractivity contribution in [3.05, 3.63) is 0 Å². The topological polar surface area (TPSA) is 135 Å². The van der Waals surface area contributed by atoms with Gasteiger partial charge in [-0.05, 0) is 0 Å². The molecule has 0 radical (unpaired) electrons. The van der Waals surface area contributed by atoms with Crippen molar-refractivity contribution in [1.29, 1.82) is 0 Å². The van der Waals surface area contributed by atoms with Crippen molar-refractivity contribution in [3.63, 3.8) is 0 Å². The van der Waals surface area contributed by atoms with E-state index in [-0.39, 0.29) is 6.61 Å². The Balaban J connectivity index is 3.32. The molecule has 10 heteroatoms. The van der Waals surface area contributed by atoms with Crippen LogP contribution in [0.1, 0.15) is 55.4 Å². The number of rotatable bonds is 9. The molecule has 32 heavy (non-hydrogen) atoms. The van der Waals surface area contributed by atoms with Gasteiger partial charge in [0.05, 0.1) is 23.7 Å². The van der Waals surface area contributed by atoms with Crippen LogP contribution in [0.2, 0.25) is 0 Å². The van der Waals surface area contributed by atoms with Crippen LogP contribution in [0.3, 0.4) is 0 Å². The van der Waals surface area contributed by atoms with Crippen LogP contribution in [0.25, 0.3) is 0 Å². The second-order valence-electron chi connectivity index (χ2n) is 9.02. The van der Waals surface area contributed by atoms with E-state index in [0.29, 0.717) is 0 Å². The molecule has 1 saturated heterocycles. The minimum atomic E-state index is -1.71. The van der Waals surface area contributed by atoms with Gasteiger partial charge in [-0.25, -0.2) is 0 Å². The van der Waals surface area contributed by atoms with Crippen LogP contribution in [0.15, 0.2) is 0 Å². The summed E-state index contributed by atoms with van der Waals surface area (Å²) in [6.07, 6.45) is -6.98. The van der Waals surface area contributed by atoms with Gasteiger partial charge in [-0.3, -0.25) is 19.2 Å². The van der Waals surface area contributed by atoms with Gasteiger partial charge in [-0.1, -0.05) is 55.4 Å². The molecule has 0 aromatic carbocycles. The van der Waals surface area contributed by atoms with Crippen LogP contribution < -0.4 is 0 Å². The summed E-state index contributed by atoms with van der Waals surface area (Å²) in [6.45, 7) is 12.5. The smallest absolute Gasteiger partial charge is 0.308 e. The first-order valence-corrected chi connectivity index (χ1v) is 10.9. The molecule has 0 spiro atoms. The fraction of sp³-hybridized carbons (Fsp3) is 0.818. The Morgan fingerprint density at radius 1 is 0.656 bits per heavy atom. The maximum absolute atomic E-state index is 12.4. The van der Waals surface area contributed by atoms with Crippen molar-refractivity contribution >= 4 is 23.9 Å². The molecular weight excluding hydrogens is 424 g/mol. The SMILES string of the molecule is CC(C)C(=O)OCC1O[C@H](O)C(OC(=O)C(C)C)[C@@H](OC(=O)C(C)C)[C@@H]1OC(=O)C(C)C. The number of esters is 4. The quantitative estimate of drug-likeness (QED) is 0.399. The van der Waals surface area contributed by atoms with Crippen molar-refractivity contribution < 1.29 is 48.0 Å². The summed E-state index contributed by atoms with van der Waals surface area (Å²) in [6, 6.07) is 0. The van der Waals surface area contributed by atoms with E-state index in [2.05, 4.69) is 0 Å². The zero-order chi connectivity index (χ0) is 24.7. The third-order valence-corrected chi connectivity index (χ3v) is 4.64. The number of hydrogen-bond acceptors (Lipinski definition) is 10. The maximum Gasteiger partial charge on any atom is 0.308 e. The van der Waals surface area contributed by atoms with Crippen molar-refractivity contribution in [1.82, 2.24) is 0 Å². The summed E-state index contributed by atoms with van der Waals surface area (Å²) < 4.78 is 27.1. The Bertz CT molecular complexity index is 670. The fourth-order valence-corrected chi connectivity index (χ4v) is 2.57. The minimum Gasteiger partial charge on any atom is -0.463 e. The van der Waals surface area contributed by atoms with Crippen LogP contribution in [0, 0.1) is 23.7 Å². The molecule has 0 saturated carbocycles. The molecule has 0 aromatic heterocycles. The minimum absolute atomic E-state index is 0.370. The van der Waals surface area contributed by atoms with Gasteiger partial charge in [-0.2, -0.15) is 0 Å². The monoisotopic (exact) mass is 460 g/mol. The highest BCUT2D eigenvalue weighted by Crippen LogP contribution is 2.29. The summed E-state index contributed by atoms with van der Waals surface area (Å²) in [5, 5.41) is 10.6. The Labute approximate surface area is 188 Å². The van der Waals surface area contributed by atoms with E-state index in [4.69, 9.17) is 23.7 Å². The molecule has 1 heterocycles. The van der Waals surface area contributed by atoms with Crippen molar-refractivity contribution in [2.75, 3.05) is 6.61 Å². The Morgan fingerprint density at radius 2 is 1.03 bits per heavy atom. The highest BCUT2D eigenvalue weighted by molar-refractivity contribution is 5.74. The van der Waals surface area contributed by atoms with Gasteiger partial charge in [0.25, 0.3) is 0 Å². The van der Waals surface area contributed by atoms with Gasteiger partial charge in [0.1, 0.15) is 12.7 Å². The molecule has 0 bridgehead atoms. The van der Waals surface area contributed by atoms with E-state index in [1.807, 2.05) is 0 Å². The molecule has 1 aliphatic heterocycles. The average molecular weight is 461 g/mol. The predicted molar refractivity (Wildman–Crippen MR) is 111 cm³/mol. The summed E-state index contributed by atoms with van der Waals surface area (Å²) in [7, 11) is 0. The molecule has 1 rings (SSSR count). The molecule has 184 valence electrons. The summed E-state index contributed by atoms with van der Waals surface area (Å²) in [5.41, 5.74) is 0. The number of carbonyl (C=O) groups excluding carboxylic acids is 4. The van der Waals surface area contributed by atoms with Crippen LogP contribution in [-0.2, 0) is 42.9 Å². The van der Waals surface area contributed by atoms with E-state index in [0.717, 1.165) is 0 Å². The largest absolute Gasteiger partial charge is 0.463 e. The fourth-order valence-electron chi connectivity index (χ4n) is 2.57. The summed E-state index contributed by atoms with van der Waals surface area (Å²) in [4.78, 5) is 48.9. The molecule has 5 atom stereocenters. The molecule has 1 fully saturated rings. The molecule has 2 unspecified atom stereocenters. The van der Waals surface area contributed by atoms with Crippen LogP contribution >= 0.6 is 0 Å². The summed E-state index contributed by atoms with van der Waals surface area (Å²) in [5.74, 6) is -4.51. The van der Waals surface area contributed by atoms with Crippen LogP contribution in [-0.4, -0.2) is 66.3 Å². The standard InChI is InChI=1S/C22H36O10/c1-10(2)18(23)28-9-14-15(30-19(24)11(3)4)16(31-20(25)12(5)6)17(22(27)29-14)32-21(26)13(7)8/h10-17,22,27H,9H2,1-8H3/t14?,15-,16+,17?,22+/m1/s1. The molecule has 0 aliphatic carbocycles. The van der Waals surface area contributed by atoms with Gasteiger partial charge in [0.15, 0.2) is 24.6 Å². The van der Waals surface area contributed by atoms with Crippen LogP contribution in [0.5, 0.6) is 0 Å². The number of aliphatic hydroxyl groups excluding tert-OH is 1. The van der Waals surface area contributed by atoms with Gasteiger partial charge >= 0.3 is 23.9 Å². The van der Waals surface area contributed by atoms with Gasteiger partial charge < -0.3 is 28.8 Å². The average Bonchev–Trinajstić information content (AvgIpc) is 2.69. The van der Waals surface area contributed by atoms with E-state index >= 15 is 0 Å². The highest BCUT2D eigenvalue weighted by atomic mass is 16.7. The Kier molecular flexibility index (Phi) is 10.6. The molecule has 1 aliphatic rings. The number of aliphatic hydroxyl groups is 1. The predicted octanol–water partition coefficient (Wildman–Crippen LogP) is 1.61. The Hall–Kier alpha value is -2.20. The zero-order valence-electron chi connectivity index (χ0n) is 20.0. The summed E-state index contributed by atoms with van der Waals surface area (Å²) >= 11 is 0. The van der Waals surface area contributed by atoms with Gasteiger partial charge in [0.2, 0.25) is 0 Å². The highest BCUT2D eigenvalue weighted by Gasteiger charge is 2.52. The lowest BCUT2D eigenvalue weighted by Gasteiger charge is -2.43. The van der Waals surface area contributed by atoms with Crippen molar-refractivity contribution in [3.8, 4) is 0 Å². The first-order valence-electron chi connectivity index (χ1n) is 10.9. The molecule has 0 amide bonds.